The molecule has 38 heavy (non-hydrogen) atoms. The number of pyridine rings is 1. The largest absolute Gasteiger partial charge is 0.329 e. The molecule has 1 aliphatic rings. The summed E-state index contributed by atoms with van der Waals surface area (Å²) in [7, 11) is 2.17. The minimum atomic E-state index is -0.659. The van der Waals surface area contributed by atoms with Gasteiger partial charge in [0.2, 0.25) is 0 Å². The lowest BCUT2D eigenvalue weighted by Gasteiger charge is -2.10. The number of H-pyrrole nitrogens is 1. The first kappa shape index (κ1) is 26.4. The van der Waals surface area contributed by atoms with E-state index in [9.17, 15) is 20.1 Å². The number of likely N-dealkylation sites (N-methyl/N-ethyl adjacent to an activating group) is 1. The van der Waals surface area contributed by atoms with E-state index in [0.717, 1.165) is 11.1 Å². The van der Waals surface area contributed by atoms with Crippen LogP contribution in [0.3, 0.4) is 0 Å². The molecule has 10 nitrogen and oxygen atoms in total. The molecule has 2 N–H and O–H groups in total. The smallest absolute Gasteiger partial charge is 0.329 e. The van der Waals surface area contributed by atoms with Gasteiger partial charge < -0.3 is 19.8 Å². The van der Waals surface area contributed by atoms with E-state index in [2.05, 4.69) is 45.1 Å². The van der Waals surface area contributed by atoms with E-state index in [1.165, 1.54) is 38.4 Å². The van der Waals surface area contributed by atoms with Crippen LogP contribution in [0.4, 0.5) is 0 Å². The topological polar surface area (TPSA) is 136 Å². The molecule has 0 bridgehead atoms. The molecule has 0 radical (unpaired) electrons. The third-order valence-electron chi connectivity index (χ3n) is 6.44. The number of aromatic nitrogens is 4. The Hall–Kier alpha value is -4.69. The number of para-hydroxylation sites is 1. The Labute approximate surface area is 219 Å². The number of nitriles is 2. The molecule has 0 spiro atoms. The lowest BCUT2D eigenvalue weighted by Crippen LogP contribution is -2.36. The van der Waals surface area contributed by atoms with Gasteiger partial charge in [-0.25, -0.2) is 4.79 Å². The Bertz CT molecular complexity index is 1730. The predicted octanol–water partition coefficient (Wildman–Crippen LogP) is 1.77. The number of rotatable bonds is 3. The summed E-state index contributed by atoms with van der Waals surface area (Å²) in [6.07, 6.45) is 4.23. The van der Waals surface area contributed by atoms with Crippen molar-refractivity contribution in [3.63, 3.8) is 0 Å². The Morgan fingerprint density at radius 2 is 1.87 bits per heavy atom. The molecule has 4 heterocycles. The van der Waals surface area contributed by atoms with Gasteiger partial charge in [-0.2, -0.15) is 10.5 Å². The second-order valence-corrected chi connectivity index (χ2v) is 8.94. The van der Waals surface area contributed by atoms with Gasteiger partial charge in [-0.15, -0.1) is 5.92 Å². The summed E-state index contributed by atoms with van der Waals surface area (Å²) in [5.41, 5.74) is 0.812. The van der Waals surface area contributed by atoms with Gasteiger partial charge in [-0.3, -0.25) is 14.3 Å². The fourth-order valence-electron chi connectivity index (χ4n) is 4.43. The summed E-state index contributed by atoms with van der Waals surface area (Å²) < 4.78 is 2.58. The second-order valence-electron chi connectivity index (χ2n) is 8.94. The molecule has 4 aromatic rings. The maximum Gasteiger partial charge on any atom is 0.329 e. The summed E-state index contributed by atoms with van der Waals surface area (Å²) in [6.45, 7) is 6.60. The van der Waals surface area contributed by atoms with Gasteiger partial charge >= 0.3 is 5.69 Å². The second kappa shape index (κ2) is 12.0. The van der Waals surface area contributed by atoms with E-state index in [1.54, 1.807) is 29.7 Å². The molecule has 192 valence electrons. The van der Waals surface area contributed by atoms with Crippen LogP contribution >= 0.6 is 0 Å². The quantitative estimate of drug-likeness (QED) is 0.403. The molecule has 1 saturated heterocycles. The van der Waals surface area contributed by atoms with E-state index in [4.69, 9.17) is 0 Å². The molecule has 1 aromatic carbocycles. The van der Waals surface area contributed by atoms with Crippen molar-refractivity contribution in [2.45, 2.75) is 26.4 Å². The van der Waals surface area contributed by atoms with Crippen molar-refractivity contribution in [2.75, 3.05) is 33.2 Å². The number of aromatic amines is 1. The predicted molar refractivity (Wildman–Crippen MR) is 146 cm³/mol. The molecule has 1 aliphatic heterocycles. The molecule has 0 atom stereocenters. The zero-order valence-corrected chi connectivity index (χ0v) is 21.4. The van der Waals surface area contributed by atoms with Crippen LogP contribution in [0.15, 0.2) is 46.2 Å². The highest BCUT2D eigenvalue weighted by atomic mass is 16.2. The standard InChI is InChI=1S/C22H14N6O2.C6H14N2/c1-2-3-8-27-12-15(10-24)19-20(27)21(29)28(22(30)26-19)13-17-14(9-23)11-25-18-7-5-4-6-16(17)18;1-8-5-2-3-7-4-6-8/h4-7,11-12H,8,13H2,1H3,(H,26,30);7H,2-6H2,1H3. The monoisotopic (exact) mass is 508 g/mol. The van der Waals surface area contributed by atoms with Crippen LogP contribution in [0.25, 0.3) is 21.9 Å². The van der Waals surface area contributed by atoms with Crippen LogP contribution in [0.5, 0.6) is 0 Å². The molecule has 3 aromatic heterocycles. The molecule has 10 heteroatoms. The molecule has 0 amide bonds. The highest BCUT2D eigenvalue weighted by molar-refractivity contribution is 5.84. The number of hydrogen-bond acceptors (Lipinski definition) is 7. The normalized spacial score (nSPS) is 13.5. The fraction of sp³-hybridized carbons (Fsp3) is 0.321. The summed E-state index contributed by atoms with van der Waals surface area (Å²) >= 11 is 0. The van der Waals surface area contributed by atoms with Crippen LogP contribution in [0, 0.1) is 34.5 Å². The summed E-state index contributed by atoms with van der Waals surface area (Å²) in [5.74, 6) is 5.61. The molecular formula is C28H28N8O2. The van der Waals surface area contributed by atoms with Crippen LogP contribution in [0.1, 0.15) is 30.0 Å². The first-order valence-corrected chi connectivity index (χ1v) is 12.3. The van der Waals surface area contributed by atoms with E-state index in [-0.39, 0.29) is 35.2 Å². The number of hydrogen-bond donors (Lipinski definition) is 2. The van der Waals surface area contributed by atoms with Gasteiger partial charge in [0, 0.05) is 36.4 Å². The average molecular weight is 509 g/mol. The van der Waals surface area contributed by atoms with E-state index < -0.39 is 11.2 Å². The lowest BCUT2D eigenvalue weighted by molar-refractivity contribution is 0.358. The van der Waals surface area contributed by atoms with Crippen LogP contribution in [-0.2, 0) is 13.1 Å². The fourth-order valence-corrected chi connectivity index (χ4v) is 4.43. The van der Waals surface area contributed by atoms with Gasteiger partial charge in [-0.05, 0) is 39.5 Å². The number of benzene rings is 1. The Morgan fingerprint density at radius 3 is 2.63 bits per heavy atom. The van der Waals surface area contributed by atoms with Crippen LogP contribution in [0.2, 0.25) is 0 Å². The van der Waals surface area contributed by atoms with Crippen LogP contribution in [-0.4, -0.2) is 57.2 Å². The average Bonchev–Trinajstić information content (AvgIpc) is 3.10. The van der Waals surface area contributed by atoms with Crippen molar-refractivity contribution in [3.05, 3.63) is 74.2 Å². The van der Waals surface area contributed by atoms with Gasteiger partial charge in [-0.1, -0.05) is 24.1 Å². The van der Waals surface area contributed by atoms with E-state index in [1.807, 2.05) is 12.1 Å². The Morgan fingerprint density at radius 1 is 1.08 bits per heavy atom. The zero-order chi connectivity index (χ0) is 27.1. The van der Waals surface area contributed by atoms with Gasteiger partial charge in [0.25, 0.3) is 5.56 Å². The summed E-state index contributed by atoms with van der Waals surface area (Å²) in [5, 5.41) is 22.9. The highest BCUT2D eigenvalue weighted by Crippen LogP contribution is 2.21. The summed E-state index contributed by atoms with van der Waals surface area (Å²) in [4.78, 5) is 35.3. The van der Waals surface area contributed by atoms with Crippen molar-refractivity contribution in [1.29, 1.82) is 10.5 Å². The van der Waals surface area contributed by atoms with Gasteiger partial charge in [0.05, 0.1) is 35.2 Å². The SMILES string of the molecule is CC#CCn1cc(C#N)c2[nH]c(=O)n(Cc3c(C#N)cnc4ccccc34)c(=O)c21.CN1CCCNCC1. The molecule has 5 rings (SSSR count). The van der Waals surface area contributed by atoms with E-state index >= 15 is 0 Å². The van der Waals surface area contributed by atoms with Crippen molar-refractivity contribution in [1.82, 2.24) is 29.3 Å². The van der Waals surface area contributed by atoms with Crippen molar-refractivity contribution >= 4 is 21.9 Å². The minimum Gasteiger partial charge on any atom is -0.329 e. The minimum absolute atomic E-state index is 0.109. The Balaban J connectivity index is 0.000000360. The number of fused-ring (bicyclic) bond motifs is 2. The van der Waals surface area contributed by atoms with E-state index in [0.29, 0.717) is 16.5 Å². The highest BCUT2D eigenvalue weighted by Gasteiger charge is 2.18. The molecule has 0 saturated carbocycles. The van der Waals surface area contributed by atoms with Crippen molar-refractivity contribution in [3.8, 4) is 24.0 Å². The molecule has 0 unspecified atom stereocenters. The van der Waals surface area contributed by atoms with Crippen molar-refractivity contribution in [2.24, 2.45) is 0 Å². The van der Waals surface area contributed by atoms with Crippen molar-refractivity contribution < 1.29 is 0 Å². The zero-order valence-electron chi connectivity index (χ0n) is 21.4. The molecule has 0 aliphatic carbocycles. The maximum absolute atomic E-state index is 13.3. The first-order valence-electron chi connectivity index (χ1n) is 12.3. The first-order chi connectivity index (χ1) is 18.5. The van der Waals surface area contributed by atoms with Gasteiger partial charge in [0.1, 0.15) is 17.7 Å². The number of nitrogens with zero attached hydrogens (tertiary/aromatic N) is 6. The third kappa shape index (κ3) is 5.50. The molecule has 1 fully saturated rings. The number of nitrogens with one attached hydrogen (secondary N) is 2. The van der Waals surface area contributed by atoms with Gasteiger partial charge in [0.15, 0.2) is 0 Å². The Kier molecular flexibility index (Phi) is 8.35. The lowest BCUT2D eigenvalue weighted by atomic mass is 10.0. The summed E-state index contributed by atoms with van der Waals surface area (Å²) in [6, 6.07) is 11.3. The van der Waals surface area contributed by atoms with Crippen LogP contribution < -0.4 is 16.6 Å². The maximum atomic E-state index is 13.3. The molecular weight excluding hydrogens is 480 g/mol. The third-order valence-corrected chi connectivity index (χ3v) is 6.44.